The van der Waals surface area contributed by atoms with Crippen molar-refractivity contribution in [2.24, 2.45) is 0 Å². The van der Waals surface area contributed by atoms with Crippen molar-refractivity contribution >= 4 is 17.3 Å². The number of pyridine rings is 1. The Kier molecular flexibility index (Phi) is 3.44. The highest BCUT2D eigenvalue weighted by atomic mass is 35.5. The fourth-order valence-corrected chi connectivity index (χ4v) is 3.49. The van der Waals surface area contributed by atoms with Gasteiger partial charge in [-0.2, -0.15) is 0 Å². The molecule has 2 aliphatic heterocycles. The summed E-state index contributed by atoms with van der Waals surface area (Å²) in [5, 5.41) is 4.25. The molecule has 0 aliphatic carbocycles. The molecule has 4 heteroatoms. The van der Waals surface area contributed by atoms with Crippen LogP contribution in [-0.4, -0.2) is 35.1 Å². The maximum atomic E-state index is 5.90. The molecule has 3 nitrogen and oxygen atoms in total. The molecule has 2 atom stereocenters. The van der Waals surface area contributed by atoms with Crippen molar-refractivity contribution in [3.63, 3.8) is 0 Å². The summed E-state index contributed by atoms with van der Waals surface area (Å²) in [4.78, 5) is 6.95. The summed E-state index contributed by atoms with van der Waals surface area (Å²) < 4.78 is 0. The quantitative estimate of drug-likeness (QED) is 0.833. The van der Waals surface area contributed by atoms with E-state index in [9.17, 15) is 0 Å². The number of fused-ring (bicyclic) bond motifs is 1. The van der Waals surface area contributed by atoms with Gasteiger partial charge in [-0.1, -0.05) is 18.0 Å². The van der Waals surface area contributed by atoms with E-state index in [1.54, 1.807) is 0 Å². The molecule has 1 aromatic heterocycles. The second-order valence-corrected chi connectivity index (χ2v) is 5.79. The second-order valence-electron chi connectivity index (χ2n) is 5.41. The van der Waals surface area contributed by atoms with E-state index in [1.165, 1.54) is 38.8 Å². The van der Waals surface area contributed by atoms with Crippen LogP contribution in [0.1, 0.15) is 31.4 Å². The highest BCUT2D eigenvalue weighted by Crippen LogP contribution is 2.30. The molecule has 98 valence electrons. The number of halogens is 1. The third-order valence-electron chi connectivity index (χ3n) is 4.25. The molecule has 2 saturated heterocycles. The molecule has 18 heavy (non-hydrogen) atoms. The predicted octanol–water partition coefficient (Wildman–Crippen LogP) is 3.08. The van der Waals surface area contributed by atoms with Crippen LogP contribution >= 0.6 is 11.6 Å². The zero-order chi connectivity index (χ0) is 12.5. The largest absolute Gasteiger partial charge is 0.379 e. The number of hydrogen-bond donors (Lipinski definition) is 1. The monoisotopic (exact) mass is 265 g/mol. The molecule has 0 bridgehead atoms. The first-order valence-corrected chi connectivity index (χ1v) is 7.25. The number of anilines is 1. The first-order valence-electron chi connectivity index (χ1n) is 6.88. The van der Waals surface area contributed by atoms with Crippen LogP contribution in [0, 0.1) is 6.92 Å². The van der Waals surface area contributed by atoms with Crippen molar-refractivity contribution in [2.75, 3.05) is 18.4 Å². The molecule has 0 saturated carbocycles. The van der Waals surface area contributed by atoms with Gasteiger partial charge in [0, 0.05) is 18.6 Å². The number of aromatic nitrogens is 1. The summed E-state index contributed by atoms with van der Waals surface area (Å²) in [5.41, 5.74) is 2.13. The summed E-state index contributed by atoms with van der Waals surface area (Å²) in [6.07, 6.45) is 5.31. The molecule has 0 spiro atoms. The maximum absolute atomic E-state index is 5.90. The molecular weight excluding hydrogens is 246 g/mol. The minimum absolute atomic E-state index is 0.573. The third kappa shape index (κ3) is 2.34. The normalized spacial score (nSPS) is 28.1. The van der Waals surface area contributed by atoms with Gasteiger partial charge in [0.1, 0.15) is 5.15 Å². The van der Waals surface area contributed by atoms with Crippen molar-refractivity contribution in [2.45, 2.75) is 44.7 Å². The van der Waals surface area contributed by atoms with E-state index in [0.717, 1.165) is 11.4 Å². The van der Waals surface area contributed by atoms with Crippen molar-refractivity contribution < 1.29 is 0 Å². The molecule has 1 aromatic rings. The average Bonchev–Trinajstić information content (AvgIpc) is 2.76. The van der Waals surface area contributed by atoms with Crippen LogP contribution in [0.5, 0.6) is 0 Å². The Morgan fingerprint density at radius 2 is 2.17 bits per heavy atom. The summed E-state index contributed by atoms with van der Waals surface area (Å²) in [7, 11) is 0. The lowest BCUT2D eigenvalue weighted by Gasteiger charge is -2.33. The molecule has 2 unspecified atom stereocenters. The van der Waals surface area contributed by atoms with Crippen molar-refractivity contribution in [3.8, 4) is 0 Å². The number of piperidine rings is 1. The zero-order valence-electron chi connectivity index (χ0n) is 10.8. The smallest absolute Gasteiger partial charge is 0.129 e. The Morgan fingerprint density at radius 3 is 3.00 bits per heavy atom. The molecule has 0 aromatic carbocycles. The zero-order valence-corrected chi connectivity index (χ0v) is 11.6. The number of nitrogens with zero attached hydrogens (tertiary/aromatic N) is 2. The van der Waals surface area contributed by atoms with E-state index < -0.39 is 0 Å². The lowest BCUT2D eigenvalue weighted by Crippen LogP contribution is -2.41. The van der Waals surface area contributed by atoms with Gasteiger partial charge in [0.25, 0.3) is 0 Å². The van der Waals surface area contributed by atoms with Crippen LogP contribution in [0.15, 0.2) is 12.1 Å². The van der Waals surface area contributed by atoms with E-state index in [-0.39, 0.29) is 0 Å². The van der Waals surface area contributed by atoms with E-state index in [2.05, 4.69) is 21.3 Å². The van der Waals surface area contributed by atoms with Gasteiger partial charge in [-0.25, -0.2) is 4.98 Å². The van der Waals surface area contributed by atoms with Gasteiger partial charge in [0.2, 0.25) is 0 Å². The number of aryl methyl sites for hydroxylation is 1. The fraction of sp³-hybridized carbons (Fsp3) is 0.643. The third-order valence-corrected chi connectivity index (χ3v) is 4.46. The van der Waals surface area contributed by atoms with Gasteiger partial charge in [0.15, 0.2) is 0 Å². The van der Waals surface area contributed by atoms with Gasteiger partial charge in [-0.3, -0.25) is 4.90 Å². The van der Waals surface area contributed by atoms with E-state index >= 15 is 0 Å². The standard InChI is InChI=1S/C14H20ClN3/c1-10-11(5-6-14(15)16-10)17-12-7-9-18-8-3-2-4-13(12)18/h5-6,12-13,17H,2-4,7-9H2,1H3. The van der Waals surface area contributed by atoms with Crippen LogP contribution in [0.4, 0.5) is 5.69 Å². The first-order chi connectivity index (χ1) is 8.74. The van der Waals surface area contributed by atoms with E-state index in [0.29, 0.717) is 17.2 Å². The Morgan fingerprint density at radius 1 is 1.28 bits per heavy atom. The first kappa shape index (κ1) is 12.2. The highest BCUT2D eigenvalue weighted by Gasteiger charge is 2.35. The minimum Gasteiger partial charge on any atom is -0.379 e. The number of rotatable bonds is 2. The molecule has 2 aliphatic rings. The summed E-state index contributed by atoms with van der Waals surface area (Å²) in [5.74, 6) is 0. The van der Waals surface area contributed by atoms with Crippen molar-refractivity contribution in [1.29, 1.82) is 0 Å². The van der Waals surface area contributed by atoms with Gasteiger partial charge in [-0.15, -0.1) is 0 Å². The van der Waals surface area contributed by atoms with Gasteiger partial charge < -0.3 is 5.32 Å². The molecular formula is C14H20ClN3. The lowest BCUT2D eigenvalue weighted by atomic mass is 9.99. The SMILES string of the molecule is Cc1nc(Cl)ccc1NC1CCN2CCCCC12. The Labute approximate surface area is 114 Å². The minimum atomic E-state index is 0.573. The Hall–Kier alpha value is -0.800. The average molecular weight is 266 g/mol. The fourth-order valence-electron chi connectivity index (χ4n) is 3.30. The second kappa shape index (κ2) is 5.06. The van der Waals surface area contributed by atoms with E-state index in [1.807, 2.05) is 13.0 Å². The van der Waals surface area contributed by atoms with Gasteiger partial charge in [0.05, 0.1) is 11.4 Å². The van der Waals surface area contributed by atoms with Gasteiger partial charge in [-0.05, 0) is 44.9 Å². The predicted molar refractivity (Wildman–Crippen MR) is 75.2 cm³/mol. The molecule has 3 heterocycles. The number of nitrogens with one attached hydrogen (secondary N) is 1. The Bertz CT molecular complexity index is 435. The maximum Gasteiger partial charge on any atom is 0.129 e. The highest BCUT2D eigenvalue weighted by molar-refractivity contribution is 6.29. The van der Waals surface area contributed by atoms with Crippen LogP contribution in [0.25, 0.3) is 0 Å². The van der Waals surface area contributed by atoms with Crippen LogP contribution < -0.4 is 5.32 Å². The van der Waals surface area contributed by atoms with Crippen LogP contribution in [0.3, 0.4) is 0 Å². The van der Waals surface area contributed by atoms with Crippen LogP contribution in [0.2, 0.25) is 5.15 Å². The molecule has 3 rings (SSSR count). The lowest BCUT2D eigenvalue weighted by molar-refractivity contribution is 0.192. The van der Waals surface area contributed by atoms with Crippen molar-refractivity contribution in [3.05, 3.63) is 23.0 Å². The molecule has 0 amide bonds. The van der Waals surface area contributed by atoms with Crippen LogP contribution in [-0.2, 0) is 0 Å². The summed E-state index contributed by atoms with van der Waals surface area (Å²) in [6.45, 7) is 4.53. The Balaban J connectivity index is 1.72. The summed E-state index contributed by atoms with van der Waals surface area (Å²) >= 11 is 5.90. The van der Waals surface area contributed by atoms with Gasteiger partial charge >= 0.3 is 0 Å². The molecule has 1 N–H and O–H groups in total. The van der Waals surface area contributed by atoms with E-state index in [4.69, 9.17) is 11.6 Å². The number of hydrogen-bond acceptors (Lipinski definition) is 3. The molecule has 0 radical (unpaired) electrons. The molecule has 2 fully saturated rings. The summed E-state index contributed by atoms with van der Waals surface area (Å²) in [6, 6.07) is 5.21. The van der Waals surface area contributed by atoms with Crippen molar-refractivity contribution in [1.82, 2.24) is 9.88 Å². The topological polar surface area (TPSA) is 28.2 Å².